The number of benzene rings is 1. The van der Waals surface area contributed by atoms with Gasteiger partial charge >= 0.3 is 11.9 Å². The molecule has 0 radical (unpaired) electrons. The minimum atomic E-state index is -3.22. The van der Waals surface area contributed by atoms with Gasteiger partial charge in [0.15, 0.2) is 0 Å². The van der Waals surface area contributed by atoms with Crippen molar-refractivity contribution in [3.05, 3.63) is 35.9 Å². The summed E-state index contributed by atoms with van der Waals surface area (Å²) in [6.45, 7) is -3.22. The molecule has 152 valence electrons. The van der Waals surface area contributed by atoms with E-state index in [1.54, 1.807) is 24.3 Å². The second kappa shape index (κ2) is 8.73. The van der Waals surface area contributed by atoms with Gasteiger partial charge in [0.25, 0.3) is 0 Å². The summed E-state index contributed by atoms with van der Waals surface area (Å²) in [5, 5.41) is 21.6. The van der Waals surface area contributed by atoms with Crippen LogP contribution >= 0.6 is 0 Å². The average Bonchev–Trinajstić information content (AvgIpc) is 3.31. The molecule has 1 saturated carbocycles. The van der Waals surface area contributed by atoms with Crippen LogP contribution in [0.1, 0.15) is 50.0 Å². The number of aliphatic carboxylic acids is 2. The van der Waals surface area contributed by atoms with Crippen LogP contribution in [0.15, 0.2) is 30.3 Å². The highest BCUT2D eigenvalue weighted by Crippen LogP contribution is 2.41. The van der Waals surface area contributed by atoms with Gasteiger partial charge in [0, 0.05) is 10.2 Å². The Balaban J connectivity index is 1.88. The molecule has 1 aliphatic carbocycles. The molecule has 3 rings (SSSR count). The summed E-state index contributed by atoms with van der Waals surface area (Å²) >= 11 is 0. The monoisotopic (exact) mass is 392 g/mol. The van der Waals surface area contributed by atoms with Crippen molar-refractivity contribution in [2.45, 2.75) is 69.5 Å². The van der Waals surface area contributed by atoms with Gasteiger partial charge in [-0.1, -0.05) is 36.8 Å². The van der Waals surface area contributed by atoms with Gasteiger partial charge in [-0.25, -0.2) is 4.79 Å². The third-order valence-corrected chi connectivity index (χ3v) is 5.75. The summed E-state index contributed by atoms with van der Waals surface area (Å²) in [5.74, 6) is -3.90. The Morgan fingerprint density at radius 3 is 2.68 bits per heavy atom. The van der Waals surface area contributed by atoms with Crippen LogP contribution in [0.3, 0.4) is 0 Å². The van der Waals surface area contributed by atoms with E-state index in [0.29, 0.717) is 12.8 Å². The van der Waals surface area contributed by atoms with Crippen molar-refractivity contribution in [2.24, 2.45) is 5.92 Å². The van der Waals surface area contributed by atoms with E-state index < -0.39 is 48.8 Å². The minimum Gasteiger partial charge on any atom is -0.480 e. The topological polar surface area (TPSA) is 107 Å². The summed E-state index contributed by atoms with van der Waals surface area (Å²) in [6.07, 6.45) is 2.51. The van der Waals surface area contributed by atoms with Crippen molar-refractivity contribution < 1.29 is 30.1 Å². The molecule has 0 bridgehead atoms. The zero-order valence-corrected chi connectivity index (χ0v) is 15.5. The fourth-order valence-corrected chi connectivity index (χ4v) is 4.38. The molecule has 1 aromatic carbocycles. The van der Waals surface area contributed by atoms with Crippen LogP contribution in [-0.2, 0) is 20.8 Å². The van der Waals surface area contributed by atoms with Gasteiger partial charge < -0.3 is 15.1 Å². The number of hydrogen-bond acceptors (Lipinski definition) is 4. The first-order valence-corrected chi connectivity index (χ1v) is 9.55. The van der Waals surface area contributed by atoms with E-state index in [4.69, 9.17) is 5.48 Å². The van der Waals surface area contributed by atoms with E-state index in [0.717, 1.165) is 23.3 Å². The van der Waals surface area contributed by atoms with E-state index >= 15 is 0 Å². The molecule has 1 aromatic rings. The normalized spacial score (nSPS) is 29.6. The molecule has 0 spiro atoms. The molecule has 5 atom stereocenters. The quantitative estimate of drug-likeness (QED) is 0.624. The summed E-state index contributed by atoms with van der Waals surface area (Å²) in [7, 11) is 0. The lowest BCUT2D eigenvalue weighted by Crippen LogP contribution is -2.55. The van der Waals surface area contributed by atoms with Gasteiger partial charge in [0.2, 0.25) is 5.91 Å². The van der Waals surface area contributed by atoms with Crippen molar-refractivity contribution in [1.82, 2.24) is 10.2 Å². The van der Waals surface area contributed by atoms with Crippen molar-refractivity contribution in [2.75, 3.05) is 0 Å². The summed E-state index contributed by atoms with van der Waals surface area (Å²) in [6, 6.07) is 2.83. The van der Waals surface area contributed by atoms with Crippen molar-refractivity contribution in [1.29, 1.82) is 0 Å². The Bertz CT molecular complexity index is 865. The Hall–Kier alpha value is -2.41. The van der Waals surface area contributed by atoms with Gasteiger partial charge in [-0.05, 0) is 50.4 Å². The van der Waals surface area contributed by atoms with E-state index in [9.17, 15) is 24.6 Å². The average molecular weight is 392 g/mol. The maximum Gasteiger partial charge on any atom is 0.326 e. The van der Waals surface area contributed by atoms with E-state index in [2.05, 4.69) is 5.32 Å². The predicted molar refractivity (Wildman–Crippen MR) is 103 cm³/mol. The molecular formula is C21H28N2O5. The van der Waals surface area contributed by atoms with Crippen molar-refractivity contribution in [3.63, 3.8) is 0 Å². The molecule has 2 aliphatic rings. The molecule has 1 heterocycles. The number of hydrogen-bond donors (Lipinski definition) is 3. The highest BCUT2D eigenvalue weighted by atomic mass is 16.4. The maximum absolute atomic E-state index is 13.5. The zero-order valence-electron chi connectivity index (χ0n) is 19.5. The van der Waals surface area contributed by atoms with Crippen LogP contribution in [0, 0.1) is 5.92 Å². The third-order valence-electron chi connectivity index (χ3n) is 5.75. The fraction of sp³-hybridized carbons (Fsp3) is 0.571. The Morgan fingerprint density at radius 1 is 1.29 bits per heavy atom. The number of carboxylic acid groups (broad SMARTS) is 2. The Morgan fingerprint density at radius 2 is 2.04 bits per heavy atom. The molecule has 1 saturated heterocycles. The molecule has 1 unspecified atom stereocenters. The summed E-state index contributed by atoms with van der Waals surface area (Å²) in [5.41, 5.74) is 0.829. The second-order valence-electron chi connectivity index (χ2n) is 7.49. The van der Waals surface area contributed by atoms with Gasteiger partial charge in [-0.3, -0.25) is 14.9 Å². The number of likely N-dealkylation sites (tertiary alicyclic amines) is 1. The van der Waals surface area contributed by atoms with E-state index in [1.807, 2.05) is 6.07 Å². The number of carbonyl (C=O) groups excluding carboxylic acids is 1. The molecule has 3 N–H and O–H groups in total. The van der Waals surface area contributed by atoms with Crippen LogP contribution in [0.4, 0.5) is 0 Å². The Labute approximate surface area is 170 Å². The van der Waals surface area contributed by atoms with E-state index in [1.165, 1.54) is 0 Å². The molecule has 2 fully saturated rings. The fourth-order valence-electron chi connectivity index (χ4n) is 4.38. The minimum absolute atomic E-state index is 0.0439. The number of fused-ring (bicyclic) bond motifs is 1. The van der Waals surface area contributed by atoms with Gasteiger partial charge in [0.1, 0.15) is 12.1 Å². The lowest BCUT2D eigenvalue weighted by Gasteiger charge is -2.31. The summed E-state index contributed by atoms with van der Waals surface area (Å²) < 4.78 is 32.2. The van der Waals surface area contributed by atoms with Crippen LogP contribution in [0.2, 0.25) is 0 Å². The third kappa shape index (κ3) is 4.35. The summed E-state index contributed by atoms with van der Waals surface area (Å²) in [4.78, 5) is 38.2. The molecule has 0 aromatic heterocycles. The molecule has 28 heavy (non-hydrogen) atoms. The van der Waals surface area contributed by atoms with Gasteiger partial charge in [0.05, 0.1) is 7.39 Å². The standard InChI is InChI=1S/C21H28N2O5/c1-13(22-16(20(25)26)11-10-14-6-3-2-4-7-14)19(24)23-17-9-5-8-15(17)12-18(23)21(27)28/h2-4,6-7,13,15-18,22H,5,8-12H2,1H3,(H,25,26)(H,27,28)/t13?,15-,16+,17-,18-/m0/s1/i1D3,13D. The predicted octanol–water partition coefficient (Wildman–Crippen LogP) is 1.90. The first kappa shape index (κ1) is 15.5. The molecule has 1 amide bonds. The van der Waals surface area contributed by atoms with Crippen molar-refractivity contribution in [3.8, 4) is 0 Å². The Kier molecular flexibility index (Phi) is 4.83. The maximum atomic E-state index is 13.5. The number of rotatable bonds is 8. The number of aryl methyl sites for hydroxylation is 1. The van der Waals surface area contributed by atoms with E-state index in [-0.39, 0.29) is 18.8 Å². The van der Waals surface area contributed by atoms with Crippen LogP contribution in [-0.4, -0.2) is 57.1 Å². The zero-order chi connectivity index (χ0) is 23.7. The lowest BCUT2D eigenvalue weighted by atomic mass is 10.0. The smallest absolute Gasteiger partial charge is 0.326 e. The molecule has 7 heteroatoms. The van der Waals surface area contributed by atoms with Gasteiger partial charge in [-0.15, -0.1) is 0 Å². The number of carboxylic acids is 2. The second-order valence-corrected chi connectivity index (χ2v) is 7.49. The number of nitrogens with zero attached hydrogens (tertiary/aromatic N) is 1. The van der Waals surface area contributed by atoms with Crippen LogP contribution in [0.5, 0.6) is 0 Å². The first-order valence-electron chi connectivity index (χ1n) is 11.6. The highest BCUT2D eigenvalue weighted by Gasteiger charge is 2.49. The molecular weight excluding hydrogens is 360 g/mol. The highest BCUT2D eigenvalue weighted by molar-refractivity contribution is 5.88. The van der Waals surface area contributed by atoms with Crippen LogP contribution in [0.25, 0.3) is 0 Å². The number of carbonyl (C=O) groups is 3. The molecule has 7 nitrogen and oxygen atoms in total. The van der Waals surface area contributed by atoms with Crippen LogP contribution < -0.4 is 5.32 Å². The molecule has 1 aliphatic heterocycles. The number of amides is 1. The SMILES string of the molecule is [2H]C([2H])([2H])C([2H])(N[C@H](CCc1ccccc1)C(=O)O)C(=O)N1[C@H](C(=O)O)C[C@@H]2CCC[C@@H]21. The first-order chi connectivity index (χ1) is 15.0. The van der Waals surface area contributed by atoms with Crippen molar-refractivity contribution >= 4 is 17.8 Å². The lowest BCUT2D eigenvalue weighted by molar-refractivity contribution is -0.151. The van der Waals surface area contributed by atoms with Gasteiger partial charge in [-0.2, -0.15) is 0 Å². The number of nitrogens with one attached hydrogen (secondary N) is 1. The largest absolute Gasteiger partial charge is 0.480 e.